The maximum absolute atomic E-state index is 14.0. The Morgan fingerprint density at radius 1 is 1.05 bits per heavy atom. The zero-order chi connectivity index (χ0) is 26.8. The van der Waals surface area contributed by atoms with Crippen LogP contribution in [0.4, 0.5) is 26.5 Å². The summed E-state index contributed by atoms with van der Waals surface area (Å²) in [6.07, 6.45) is 3.05. The highest BCUT2D eigenvalue weighted by Gasteiger charge is 2.22. The molecule has 1 aliphatic heterocycles. The number of nitrogen functional groups attached to an aromatic ring is 1. The number of piperazine rings is 1. The Kier molecular flexibility index (Phi) is 6.88. The van der Waals surface area contributed by atoms with Gasteiger partial charge in [-0.3, -0.25) is 15.0 Å². The zero-order valence-corrected chi connectivity index (χ0v) is 21.1. The molecule has 3 amide bonds. The minimum atomic E-state index is -0.603. The van der Waals surface area contributed by atoms with Crippen molar-refractivity contribution in [3.63, 3.8) is 0 Å². The minimum Gasteiger partial charge on any atom is -0.382 e. The van der Waals surface area contributed by atoms with Crippen LogP contribution >= 0.6 is 0 Å². The lowest BCUT2D eigenvalue weighted by Crippen LogP contribution is -2.47. The van der Waals surface area contributed by atoms with Crippen LogP contribution in [0.3, 0.4) is 0 Å². The molecule has 4 N–H and O–H groups in total. The largest absolute Gasteiger partial charge is 0.382 e. The van der Waals surface area contributed by atoms with Crippen LogP contribution < -0.4 is 16.4 Å². The fraction of sp³-hybridized carbons (Fsp3) is 0.269. The van der Waals surface area contributed by atoms with Crippen molar-refractivity contribution in [2.24, 2.45) is 0 Å². The molecule has 0 bridgehead atoms. The maximum atomic E-state index is 14.0. The number of amides is 3. The summed E-state index contributed by atoms with van der Waals surface area (Å²) in [5, 5.41) is 9.54. The molecule has 4 aromatic rings. The number of benzene rings is 1. The van der Waals surface area contributed by atoms with Crippen LogP contribution in [0.1, 0.15) is 18.2 Å². The van der Waals surface area contributed by atoms with Gasteiger partial charge in [-0.25, -0.2) is 23.7 Å². The fourth-order valence-corrected chi connectivity index (χ4v) is 4.55. The Morgan fingerprint density at radius 2 is 1.84 bits per heavy atom. The lowest BCUT2D eigenvalue weighted by atomic mass is 10.1. The van der Waals surface area contributed by atoms with E-state index in [4.69, 9.17) is 5.73 Å². The highest BCUT2D eigenvalue weighted by Crippen LogP contribution is 2.31. The SMILES string of the molecule is CC(=O)N1CCN(Cc2cc(-c3ccc(NC(=O)Nc4cc(C)ccc4F)nc3)c3c(N)ncnn23)CC1. The maximum Gasteiger partial charge on any atom is 0.324 e. The first-order valence-electron chi connectivity index (χ1n) is 12.2. The van der Waals surface area contributed by atoms with Gasteiger partial charge in [-0.2, -0.15) is 5.10 Å². The minimum absolute atomic E-state index is 0.0881. The van der Waals surface area contributed by atoms with Crippen molar-refractivity contribution < 1.29 is 14.0 Å². The number of hydrogen-bond acceptors (Lipinski definition) is 7. The number of nitrogens with zero attached hydrogens (tertiary/aromatic N) is 6. The van der Waals surface area contributed by atoms with Gasteiger partial charge in [0.2, 0.25) is 5.91 Å². The number of fused-ring (bicyclic) bond motifs is 1. The smallest absolute Gasteiger partial charge is 0.324 e. The third-order valence-corrected chi connectivity index (χ3v) is 6.55. The number of pyridine rings is 1. The van der Waals surface area contributed by atoms with E-state index in [0.717, 1.165) is 35.5 Å². The monoisotopic (exact) mass is 517 g/mol. The molecule has 0 radical (unpaired) electrons. The summed E-state index contributed by atoms with van der Waals surface area (Å²) in [6.45, 7) is 6.93. The van der Waals surface area contributed by atoms with E-state index in [1.807, 2.05) is 24.0 Å². The van der Waals surface area contributed by atoms with Gasteiger partial charge in [-0.1, -0.05) is 6.07 Å². The Balaban J connectivity index is 1.34. The van der Waals surface area contributed by atoms with Crippen LogP contribution in [0.25, 0.3) is 16.6 Å². The molecule has 0 unspecified atom stereocenters. The lowest BCUT2D eigenvalue weighted by Gasteiger charge is -2.33. The van der Waals surface area contributed by atoms with Gasteiger partial charge in [0.15, 0.2) is 5.82 Å². The number of nitrogens with one attached hydrogen (secondary N) is 2. The van der Waals surface area contributed by atoms with Crippen molar-refractivity contribution >= 4 is 34.8 Å². The number of hydrogen-bond donors (Lipinski definition) is 3. The molecule has 12 heteroatoms. The Hall–Kier alpha value is -4.58. The lowest BCUT2D eigenvalue weighted by molar-refractivity contribution is -0.130. The van der Waals surface area contributed by atoms with E-state index in [1.165, 1.54) is 12.4 Å². The molecule has 1 saturated heterocycles. The molecule has 0 saturated carbocycles. The molecule has 4 heterocycles. The number of anilines is 3. The highest BCUT2D eigenvalue weighted by molar-refractivity contribution is 5.99. The van der Waals surface area contributed by atoms with Crippen molar-refractivity contribution in [3.8, 4) is 11.1 Å². The van der Waals surface area contributed by atoms with Crippen LogP contribution in [0.15, 0.2) is 48.9 Å². The third-order valence-electron chi connectivity index (χ3n) is 6.55. The summed E-state index contributed by atoms with van der Waals surface area (Å²) < 4.78 is 15.8. The van der Waals surface area contributed by atoms with Gasteiger partial charge in [0.25, 0.3) is 0 Å². The predicted molar refractivity (Wildman–Crippen MR) is 142 cm³/mol. The van der Waals surface area contributed by atoms with Crippen molar-refractivity contribution in [2.45, 2.75) is 20.4 Å². The molecular weight excluding hydrogens is 489 g/mol. The molecule has 1 aliphatic rings. The summed E-state index contributed by atoms with van der Waals surface area (Å²) in [5.74, 6) is 0.205. The van der Waals surface area contributed by atoms with Crippen molar-refractivity contribution in [3.05, 3.63) is 66.0 Å². The average molecular weight is 518 g/mol. The number of urea groups is 1. The number of halogens is 1. The van der Waals surface area contributed by atoms with Gasteiger partial charge >= 0.3 is 6.03 Å². The van der Waals surface area contributed by atoms with Crippen molar-refractivity contribution in [2.75, 3.05) is 42.5 Å². The Morgan fingerprint density at radius 3 is 2.55 bits per heavy atom. The Bertz CT molecular complexity index is 1490. The summed E-state index contributed by atoms with van der Waals surface area (Å²) >= 11 is 0. The molecule has 0 atom stereocenters. The topological polar surface area (TPSA) is 134 Å². The molecule has 0 aliphatic carbocycles. The molecule has 0 spiro atoms. The molecular formula is C26H28FN9O2. The van der Waals surface area contributed by atoms with Gasteiger partial charge in [0, 0.05) is 57.0 Å². The van der Waals surface area contributed by atoms with E-state index in [0.29, 0.717) is 36.8 Å². The number of aromatic nitrogens is 4. The second-order valence-electron chi connectivity index (χ2n) is 9.23. The number of carbonyl (C=O) groups is 2. The van der Waals surface area contributed by atoms with Crippen LogP contribution in [0.5, 0.6) is 0 Å². The average Bonchev–Trinajstić information content (AvgIpc) is 3.26. The first-order chi connectivity index (χ1) is 18.3. The van der Waals surface area contributed by atoms with Crippen LogP contribution in [0.2, 0.25) is 0 Å². The van der Waals surface area contributed by atoms with E-state index in [9.17, 15) is 14.0 Å². The van der Waals surface area contributed by atoms with E-state index < -0.39 is 11.8 Å². The van der Waals surface area contributed by atoms with Crippen LogP contribution in [0, 0.1) is 12.7 Å². The van der Waals surface area contributed by atoms with Gasteiger partial charge in [0.05, 0.1) is 11.4 Å². The molecule has 11 nitrogen and oxygen atoms in total. The summed E-state index contributed by atoms with van der Waals surface area (Å²) in [7, 11) is 0. The first kappa shape index (κ1) is 25.1. The van der Waals surface area contributed by atoms with E-state index in [2.05, 4.69) is 30.6 Å². The zero-order valence-electron chi connectivity index (χ0n) is 21.1. The standard InChI is InChI=1S/C26H28FN9O2/c1-16-3-5-21(27)22(11-16)32-26(38)33-23-6-4-18(13-29-23)20-12-19(36-24(20)25(28)30-15-31-36)14-34-7-9-35(10-8-34)17(2)37/h3-6,11-13,15H,7-10,14H2,1-2H3,(H2,28,30,31)(H2,29,32,33,38). The van der Waals surface area contributed by atoms with E-state index in [1.54, 1.807) is 35.8 Å². The van der Waals surface area contributed by atoms with E-state index in [-0.39, 0.29) is 11.6 Å². The van der Waals surface area contributed by atoms with Gasteiger partial charge < -0.3 is 16.0 Å². The normalized spacial score (nSPS) is 14.0. The summed E-state index contributed by atoms with van der Waals surface area (Å²) in [5.41, 5.74) is 10.3. The van der Waals surface area contributed by atoms with Crippen LogP contribution in [-0.2, 0) is 11.3 Å². The summed E-state index contributed by atoms with van der Waals surface area (Å²) in [4.78, 5) is 36.7. The molecule has 1 aromatic carbocycles. The van der Waals surface area contributed by atoms with Crippen molar-refractivity contribution in [1.82, 2.24) is 29.4 Å². The summed E-state index contributed by atoms with van der Waals surface area (Å²) in [6, 6.07) is 9.36. The Labute approximate surface area is 218 Å². The van der Waals surface area contributed by atoms with Gasteiger partial charge in [-0.15, -0.1) is 0 Å². The second kappa shape index (κ2) is 10.4. The molecule has 5 rings (SSSR count). The van der Waals surface area contributed by atoms with E-state index >= 15 is 0 Å². The second-order valence-corrected chi connectivity index (χ2v) is 9.23. The highest BCUT2D eigenvalue weighted by atomic mass is 19.1. The molecule has 3 aromatic heterocycles. The first-order valence-corrected chi connectivity index (χ1v) is 12.2. The number of nitrogens with two attached hydrogens (primary N) is 1. The number of aryl methyl sites for hydroxylation is 1. The quantitative estimate of drug-likeness (QED) is 0.370. The van der Waals surface area contributed by atoms with Gasteiger partial charge in [0.1, 0.15) is 23.5 Å². The number of rotatable bonds is 5. The molecule has 196 valence electrons. The van der Waals surface area contributed by atoms with Gasteiger partial charge in [-0.05, 0) is 42.8 Å². The third kappa shape index (κ3) is 5.25. The number of carbonyl (C=O) groups excluding carboxylic acids is 2. The molecule has 1 fully saturated rings. The predicted octanol–water partition coefficient (Wildman–Crippen LogP) is 3.13. The van der Waals surface area contributed by atoms with Crippen LogP contribution in [-0.4, -0.2) is 67.5 Å². The van der Waals surface area contributed by atoms with Crippen molar-refractivity contribution in [1.29, 1.82) is 0 Å². The fourth-order valence-electron chi connectivity index (χ4n) is 4.55. The molecule has 38 heavy (non-hydrogen) atoms.